The van der Waals surface area contributed by atoms with Gasteiger partial charge in [0.05, 0.1) is 11.8 Å². The normalized spacial score (nSPS) is 13.9. The van der Waals surface area contributed by atoms with Crippen molar-refractivity contribution in [3.8, 4) is 0 Å². The van der Waals surface area contributed by atoms with Crippen LogP contribution in [0.15, 0.2) is 30.6 Å². The highest BCUT2D eigenvalue weighted by molar-refractivity contribution is 5.39. The number of pyridine rings is 1. The zero-order valence-electron chi connectivity index (χ0n) is 11.9. The first-order valence-electron chi connectivity index (χ1n) is 6.78. The molecule has 2 N–H and O–H groups in total. The van der Waals surface area contributed by atoms with Crippen LogP contribution in [0.2, 0.25) is 0 Å². The Morgan fingerprint density at radius 2 is 2.21 bits per heavy atom. The fourth-order valence-electron chi connectivity index (χ4n) is 2.47. The second-order valence-electron chi connectivity index (χ2n) is 6.02. The van der Waals surface area contributed by atoms with Gasteiger partial charge in [-0.3, -0.25) is 0 Å². The summed E-state index contributed by atoms with van der Waals surface area (Å²) in [5, 5.41) is 12.9. The molecule has 1 atom stereocenters. The molecule has 0 aliphatic rings. The second-order valence-corrected chi connectivity index (χ2v) is 6.02. The van der Waals surface area contributed by atoms with E-state index in [0.29, 0.717) is 0 Å². The summed E-state index contributed by atoms with van der Waals surface area (Å²) in [4.78, 5) is 4.54. The van der Waals surface area contributed by atoms with Crippen molar-refractivity contribution in [2.24, 2.45) is 5.41 Å². The standard InChI is InChI=1S/C15H23N3O/c1-12(19)8-15(2,3)11-16-9-13-10-18-7-5-4-6-14(18)17-13/h4-7,10,12,16,19H,8-9,11H2,1-3H3. The number of hydrogen-bond acceptors (Lipinski definition) is 3. The molecule has 0 saturated heterocycles. The number of aliphatic hydroxyl groups is 1. The summed E-state index contributed by atoms with van der Waals surface area (Å²) >= 11 is 0. The Kier molecular flexibility index (Phi) is 4.22. The predicted octanol–water partition coefficient (Wildman–Crippen LogP) is 2.22. The predicted molar refractivity (Wildman–Crippen MR) is 77.0 cm³/mol. The minimum Gasteiger partial charge on any atom is -0.393 e. The van der Waals surface area contributed by atoms with Gasteiger partial charge in [-0.25, -0.2) is 4.98 Å². The second kappa shape index (κ2) is 5.72. The van der Waals surface area contributed by atoms with E-state index in [0.717, 1.165) is 30.9 Å². The van der Waals surface area contributed by atoms with E-state index in [4.69, 9.17) is 0 Å². The lowest BCUT2D eigenvalue weighted by atomic mass is 9.87. The van der Waals surface area contributed by atoms with Crippen LogP contribution in [0.1, 0.15) is 32.9 Å². The van der Waals surface area contributed by atoms with E-state index in [2.05, 4.69) is 24.1 Å². The molecule has 4 nitrogen and oxygen atoms in total. The Morgan fingerprint density at radius 3 is 2.89 bits per heavy atom. The lowest BCUT2D eigenvalue weighted by molar-refractivity contribution is 0.128. The van der Waals surface area contributed by atoms with Crippen molar-refractivity contribution in [3.63, 3.8) is 0 Å². The molecule has 0 fully saturated rings. The van der Waals surface area contributed by atoms with Gasteiger partial charge in [-0.2, -0.15) is 0 Å². The van der Waals surface area contributed by atoms with E-state index < -0.39 is 0 Å². The Labute approximate surface area is 114 Å². The summed E-state index contributed by atoms with van der Waals surface area (Å²) in [5.41, 5.74) is 2.11. The van der Waals surface area contributed by atoms with E-state index in [1.54, 1.807) is 0 Å². The number of nitrogens with one attached hydrogen (secondary N) is 1. The lowest BCUT2D eigenvalue weighted by Crippen LogP contribution is -2.31. The average Bonchev–Trinajstić information content (AvgIpc) is 2.69. The van der Waals surface area contributed by atoms with Gasteiger partial charge in [-0.15, -0.1) is 0 Å². The average molecular weight is 261 g/mol. The molecule has 4 heteroatoms. The molecule has 104 valence electrons. The first-order chi connectivity index (χ1) is 8.96. The van der Waals surface area contributed by atoms with Crippen LogP contribution in [0.5, 0.6) is 0 Å². The molecule has 0 radical (unpaired) electrons. The van der Waals surface area contributed by atoms with Gasteiger partial charge in [-0.1, -0.05) is 19.9 Å². The summed E-state index contributed by atoms with van der Waals surface area (Å²) in [6.45, 7) is 7.79. The van der Waals surface area contributed by atoms with Crippen molar-refractivity contribution in [1.82, 2.24) is 14.7 Å². The zero-order valence-corrected chi connectivity index (χ0v) is 11.9. The molecule has 0 spiro atoms. The number of nitrogens with zero attached hydrogens (tertiary/aromatic N) is 2. The molecule has 2 heterocycles. The van der Waals surface area contributed by atoms with Crippen LogP contribution < -0.4 is 5.32 Å². The first kappa shape index (κ1) is 14.0. The third-order valence-electron chi connectivity index (χ3n) is 3.17. The summed E-state index contributed by atoms with van der Waals surface area (Å²) in [5.74, 6) is 0. The highest BCUT2D eigenvalue weighted by Gasteiger charge is 2.19. The van der Waals surface area contributed by atoms with E-state index in [-0.39, 0.29) is 11.5 Å². The van der Waals surface area contributed by atoms with Gasteiger partial charge < -0.3 is 14.8 Å². The fraction of sp³-hybridized carbons (Fsp3) is 0.533. The lowest BCUT2D eigenvalue weighted by Gasteiger charge is -2.26. The van der Waals surface area contributed by atoms with E-state index in [1.807, 2.05) is 41.9 Å². The van der Waals surface area contributed by atoms with E-state index >= 15 is 0 Å². The summed E-state index contributed by atoms with van der Waals surface area (Å²) in [6, 6.07) is 5.99. The molecular formula is C15H23N3O. The third-order valence-corrected chi connectivity index (χ3v) is 3.17. The molecule has 0 aliphatic heterocycles. The maximum Gasteiger partial charge on any atom is 0.137 e. The number of rotatable bonds is 6. The smallest absolute Gasteiger partial charge is 0.137 e. The van der Waals surface area contributed by atoms with Crippen LogP contribution in [0, 0.1) is 5.41 Å². The van der Waals surface area contributed by atoms with Crippen molar-refractivity contribution in [3.05, 3.63) is 36.3 Å². The number of aliphatic hydroxyl groups excluding tert-OH is 1. The Bertz CT molecular complexity index is 498. The van der Waals surface area contributed by atoms with Gasteiger partial charge in [0.2, 0.25) is 0 Å². The van der Waals surface area contributed by atoms with Crippen molar-refractivity contribution in [2.75, 3.05) is 6.54 Å². The zero-order chi connectivity index (χ0) is 13.9. The molecule has 0 aromatic carbocycles. The molecule has 1 unspecified atom stereocenters. The van der Waals surface area contributed by atoms with Crippen molar-refractivity contribution in [2.45, 2.75) is 39.8 Å². The SMILES string of the molecule is CC(O)CC(C)(C)CNCc1cn2ccccc2n1. The number of imidazole rings is 1. The van der Waals surface area contributed by atoms with Gasteiger partial charge in [0.15, 0.2) is 0 Å². The summed E-state index contributed by atoms with van der Waals surface area (Å²) in [7, 11) is 0. The topological polar surface area (TPSA) is 49.6 Å². The van der Waals surface area contributed by atoms with Crippen LogP contribution in [0.3, 0.4) is 0 Å². The highest BCUT2D eigenvalue weighted by atomic mass is 16.3. The minimum absolute atomic E-state index is 0.0906. The van der Waals surface area contributed by atoms with Gasteiger partial charge >= 0.3 is 0 Å². The summed E-state index contributed by atoms with van der Waals surface area (Å²) < 4.78 is 2.03. The Morgan fingerprint density at radius 1 is 1.42 bits per heavy atom. The van der Waals surface area contributed by atoms with E-state index in [1.165, 1.54) is 0 Å². The Hall–Kier alpha value is -1.39. The number of aromatic nitrogens is 2. The van der Waals surface area contributed by atoms with Crippen molar-refractivity contribution < 1.29 is 5.11 Å². The highest BCUT2D eigenvalue weighted by Crippen LogP contribution is 2.21. The number of fused-ring (bicyclic) bond motifs is 1. The number of hydrogen-bond donors (Lipinski definition) is 2. The molecule has 0 amide bonds. The van der Waals surface area contributed by atoms with Crippen molar-refractivity contribution in [1.29, 1.82) is 0 Å². The van der Waals surface area contributed by atoms with Gasteiger partial charge in [0.25, 0.3) is 0 Å². The van der Waals surface area contributed by atoms with Crippen LogP contribution in [-0.2, 0) is 6.54 Å². The molecule has 0 bridgehead atoms. The molecule has 2 aromatic rings. The minimum atomic E-state index is -0.257. The monoisotopic (exact) mass is 261 g/mol. The van der Waals surface area contributed by atoms with Crippen LogP contribution in [-0.4, -0.2) is 27.1 Å². The molecule has 2 rings (SSSR count). The van der Waals surface area contributed by atoms with Crippen LogP contribution in [0.4, 0.5) is 0 Å². The third kappa shape index (κ3) is 4.04. The summed E-state index contributed by atoms with van der Waals surface area (Å²) in [6.07, 6.45) is 4.59. The molecule has 19 heavy (non-hydrogen) atoms. The molecule has 0 aliphatic carbocycles. The van der Waals surface area contributed by atoms with Gasteiger partial charge in [0.1, 0.15) is 5.65 Å². The van der Waals surface area contributed by atoms with Crippen molar-refractivity contribution >= 4 is 5.65 Å². The van der Waals surface area contributed by atoms with Gasteiger partial charge in [-0.05, 0) is 30.9 Å². The van der Waals surface area contributed by atoms with Crippen LogP contribution >= 0.6 is 0 Å². The van der Waals surface area contributed by atoms with Gasteiger partial charge in [0, 0.05) is 25.5 Å². The molecule has 2 aromatic heterocycles. The first-order valence-corrected chi connectivity index (χ1v) is 6.78. The maximum atomic E-state index is 9.46. The molecular weight excluding hydrogens is 238 g/mol. The van der Waals surface area contributed by atoms with Crippen LogP contribution in [0.25, 0.3) is 5.65 Å². The fourth-order valence-corrected chi connectivity index (χ4v) is 2.47. The van der Waals surface area contributed by atoms with E-state index in [9.17, 15) is 5.11 Å². The Balaban J connectivity index is 1.88. The largest absolute Gasteiger partial charge is 0.393 e. The maximum absolute atomic E-state index is 9.46. The molecule has 0 saturated carbocycles. The quantitative estimate of drug-likeness (QED) is 0.838.